The van der Waals surface area contributed by atoms with Crippen LogP contribution in [0.3, 0.4) is 0 Å². The monoisotopic (exact) mass is 387 g/mol. The summed E-state index contributed by atoms with van der Waals surface area (Å²) in [6, 6.07) is 8.62. The maximum Gasteiger partial charge on any atom is 0.414 e. The Kier molecular flexibility index (Phi) is 5.81. The summed E-state index contributed by atoms with van der Waals surface area (Å²) in [7, 11) is 0. The maximum atomic E-state index is 12.6. The molecule has 0 radical (unpaired) electrons. The smallest absolute Gasteiger partial charge is 0.414 e. The van der Waals surface area contributed by atoms with Gasteiger partial charge >= 0.3 is 12.1 Å². The van der Waals surface area contributed by atoms with E-state index in [1.807, 2.05) is 30.3 Å². The van der Waals surface area contributed by atoms with Crippen molar-refractivity contribution in [3.8, 4) is 0 Å². The number of carbonyl (C=O) groups is 2. The summed E-state index contributed by atoms with van der Waals surface area (Å²) in [5.41, 5.74) is 1.48. The molecule has 8 heteroatoms. The van der Waals surface area contributed by atoms with E-state index in [2.05, 4.69) is 4.99 Å². The molecule has 0 saturated carbocycles. The third kappa shape index (κ3) is 4.76. The Bertz CT molecular complexity index is 798. The molecule has 8 nitrogen and oxygen atoms in total. The Morgan fingerprint density at radius 3 is 2.61 bits per heavy atom. The molecule has 1 atom stereocenters. The molecule has 2 heterocycles. The molecule has 28 heavy (non-hydrogen) atoms. The Morgan fingerprint density at radius 1 is 1.25 bits per heavy atom. The van der Waals surface area contributed by atoms with E-state index in [1.165, 1.54) is 9.96 Å². The molecule has 0 spiro atoms. The second-order valence-corrected chi connectivity index (χ2v) is 7.69. The van der Waals surface area contributed by atoms with E-state index in [9.17, 15) is 14.7 Å². The highest BCUT2D eigenvalue weighted by Gasteiger charge is 2.39. The summed E-state index contributed by atoms with van der Waals surface area (Å²) in [5.74, 6) is -0.996. The second kappa shape index (κ2) is 8.12. The first-order valence-corrected chi connectivity index (χ1v) is 9.16. The summed E-state index contributed by atoms with van der Waals surface area (Å²) < 4.78 is 5.48. The Balaban J connectivity index is 1.79. The number of benzene rings is 1. The molecule has 1 amide bonds. The summed E-state index contributed by atoms with van der Waals surface area (Å²) in [5, 5.41) is 11.0. The van der Waals surface area contributed by atoms with Crippen molar-refractivity contribution >= 4 is 18.3 Å². The largest absolute Gasteiger partial charge is 0.480 e. The van der Waals surface area contributed by atoms with E-state index < -0.39 is 23.7 Å². The fraction of sp³-hybridized carbons (Fsp3) is 0.450. The number of nitrogens with zero attached hydrogens (tertiary/aromatic N) is 3. The zero-order valence-electron chi connectivity index (χ0n) is 16.3. The van der Waals surface area contributed by atoms with Crippen LogP contribution in [0.4, 0.5) is 4.79 Å². The number of carbonyl (C=O) groups excluding carboxylic acids is 1. The molecule has 1 unspecified atom stereocenters. The average Bonchev–Trinajstić information content (AvgIpc) is 2.64. The average molecular weight is 387 g/mol. The number of rotatable bonds is 4. The third-order valence-corrected chi connectivity index (χ3v) is 4.35. The number of carboxylic acids is 1. The fourth-order valence-corrected chi connectivity index (χ4v) is 3.04. The van der Waals surface area contributed by atoms with Crippen LogP contribution >= 0.6 is 0 Å². The van der Waals surface area contributed by atoms with Gasteiger partial charge in [0, 0.05) is 12.6 Å². The molecule has 1 aromatic carbocycles. The lowest BCUT2D eigenvalue weighted by molar-refractivity contribution is -0.206. The van der Waals surface area contributed by atoms with Gasteiger partial charge in [-0.2, -0.15) is 5.06 Å². The predicted molar refractivity (Wildman–Crippen MR) is 102 cm³/mol. The van der Waals surface area contributed by atoms with Crippen LogP contribution in [-0.4, -0.2) is 58.1 Å². The number of amides is 1. The van der Waals surface area contributed by atoms with E-state index in [0.29, 0.717) is 11.4 Å². The van der Waals surface area contributed by atoms with E-state index in [1.54, 1.807) is 27.0 Å². The summed E-state index contributed by atoms with van der Waals surface area (Å²) in [6.45, 7) is 6.05. The zero-order valence-corrected chi connectivity index (χ0v) is 16.3. The van der Waals surface area contributed by atoms with Gasteiger partial charge < -0.3 is 9.84 Å². The van der Waals surface area contributed by atoms with Crippen LogP contribution in [-0.2, 0) is 21.0 Å². The van der Waals surface area contributed by atoms with Gasteiger partial charge in [-0.1, -0.05) is 30.3 Å². The molecule has 0 fully saturated rings. The number of aliphatic carboxylic acids is 1. The molecule has 1 aromatic rings. The van der Waals surface area contributed by atoms with Crippen molar-refractivity contribution in [3.05, 3.63) is 47.3 Å². The first-order valence-electron chi connectivity index (χ1n) is 9.16. The van der Waals surface area contributed by atoms with Crippen molar-refractivity contribution in [2.24, 2.45) is 4.99 Å². The normalized spacial score (nSPS) is 20.1. The SMILES string of the molecule is CC(C)(C)OC(=O)N1CC=NC2=C1CN(OCc1ccccc1)C(C(=O)O)C2. The molecule has 0 aromatic heterocycles. The van der Waals surface area contributed by atoms with Gasteiger partial charge in [0.2, 0.25) is 0 Å². The summed E-state index contributed by atoms with van der Waals surface area (Å²) >= 11 is 0. The number of carboxylic acid groups (broad SMARTS) is 1. The molecule has 0 bridgehead atoms. The minimum Gasteiger partial charge on any atom is -0.480 e. The van der Waals surface area contributed by atoms with Crippen LogP contribution in [0.25, 0.3) is 0 Å². The lowest BCUT2D eigenvalue weighted by Gasteiger charge is -2.39. The van der Waals surface area contributed by atoms with Gasteiger partial charge in [-0.15, -0.1) is 0 Å². The second-order valence-electron chi connectivity index (χ2n) is 7.69. The highest BCUT2D eigenvalue weighted by Crippen LogP contribution is 2.30. The van der Waals surface area contributed by atoms with Gasteiger partial charge in [-0.3, -0.25) is 19.5 Å². The van der Waals surface area contributed by atoms with Crippen LogP contribution in [0.1, 0.15) is 32.8 Å². The Morgan fingerprint density at radius 2 is 1.96 bits per heavy atom. The third-order valence-electron chi connectivity index (χ3n) is 4.35. The minimum absolute atomic E-state index is 0.135. The summed E-state index contributed by atoms with van der Waals surface area (Å²) in [4.78, 5) is 36.0. The van der Waals surface area contributed by atoms with Crippen LogP contribution in [0.2, 0.25) is 0 Å². The van der Waals surface area contributed by atoms with Crippen LogP contribution in [0.5, 0.6) is 0 Å². The maximum absolute atomic E-state index is 12.6. The number of hydrogen-bond acceptors (Lipinski definition) is 6. The molecule has 3 rings (SSSR count). The number of hydroxylamine groups is 2. The fourth-order valence-electron chi connectivity index (χ4n) is 3.04. The number of hydrogen-bond donors (Lipinski definition) is 1. The van der Waals surface area contributed by atoms with Gasteiger partial charge in [-0.25, -0.2) is 4.79 Å². The highest BCUT2D eigenvalue weighted by atomic mass is 16.7. The molecule has 150 valence electrons. The Hall–Kier alpha value is -2.71. The van der Waals surface area contributed by atoms with Crippen molar-refractivity contribution < 1.29 is 24.3 Å². The van der Waals surface area contributed by atoms with Crippen molar-refractivity contribution in [2.75, 3.05) is 13.1 Å². The first kappa shape index (κ1) is 20.0. The number of aliphatic imine (C=N–C) groups is 1. The standard InChI is InChI=1S/C20H25N3O5/c1-20(2,3)28-19(26)22-10-9-21-15-11-16(18(24)25)23(12-17(15)22)27-13-14-7-5-4-6-8-14/h4-9,16H,10-13H2,1-3H3,(H,24,25). The highest BCUT2D eigenvalue weighted by molar-refractivity contribution is 5.79. The van der Waals surface area contributed by atoms with Crippen molar-refractivity contribution in [1.29, 1.82) is 0 Å². The summed E-state index contributed by atoms with van der Waals surface area (Å²) in [6.07, 6.45) is 1.26. The molecule has 1 N–H and O–H groups in total. The van der Waals surface area contributed by atoms with E-state index in [0.717, 1.165) is 5.56 Å². The zero-order chi connectivity index (χ0) is 20.3. The quantitative estimate of drug-likeness (QED) is 0.854. The minimum atomic E-state index is -0.996. The molecule has 0 saturated heterocycles. The molecular weight excluding hydrogens is 362 g/mol. The van der Waals surface area contributed by atoms with Gasteiger partial charge in [0.1, 0.15) is 11.6 Å². The van der Waals surface area contributed by atoms with Crippen LogP contribution < -0.4 is 0 Å². The van der Waals surface area contributed by atoms with Gasteiger partial charge in [0.25, 0.3) is 0 Å². The Labute approximate surface area is 164 Å². The topological polar surface area (TPSA) is 91.7 Å². The predicted octanol–water partition coefficient (Wildman–Crippen LogP) is 2.81. The van der Waals surface area contributed by atoms with Crippen molar-refractivity contribution in [1.82, 2.24) is 9.96 Å². The molecular formula is C20H25N3O5. The lowest BCUT2D eigenvalue weighted by atomic mass is 10.0. The van der Waals surface area contributed by atoms with Gasteiger partial charge in [0.15, 0.2) is 0 Å². The lowest BCUT2D eigenvalue weighted by Crippen LogP contribution is -2.50. The van der Waals surface area contributed by atoms with Crippen LogP contribution in [0.15, 0.2) is 46.7 Å². The van der Waals surface area contributed by atoms with Crippen molar-refractivity contribution in [2.45, 2.75) is 45.4 Å². The molecule has 2 aliphatic rings. The number of ether oxygens (including phenoxy) is 1. The molecule has 2 aliphatic heterocycles. The van der Waals surface area contributed by atoms with E-state index >= 15 is 0 Å². The van der Waals surface area contributed by atoms with Gasteiger partial charge in [0.05, 0.1) is 31.1 Å². The van der Waals surface area contributed by atoms with E-state index in [4.69, 9.17) is 9.57 Å². The van der Waals surface area contributed by atoms with Crippen molar-refractivity contribution in [3.63, 3.8) is 0 Å². The molecule has 0 aliphatic carbocycles. The first-order chi connectivity index (χ1) is 13.2. The van der Waals surface area contributed by atoms with Gasteiger partial charge in [-0.05, 0) is 26.3 Å². The van der Waals surface area contributed by atoms with E-state index in [-0.39, 0.29) is 26.1 Å². The van der Waals surface area contributed by atoms with Crippen LogP contribution in [0, 0.1) is 0 Å².